The van der Waals surface area contributed by atoms with Gasteiger partial charge in [0.05, 0.1) is 17.5 Å². The van der Waals surface area contributed by atoms with Crippen LogP contribution >= 0.6 is 0 Å². The average molecular weight is 1010 g/mol. The van der Waals surface area contributed by atoms with E-state index in [0.29, 0.717) is 12.1 Å². The molecule has 2 aliphatic heterocycles. The second-order valence-corrected chi connectivity index (χ2v) is 15.4. The summed E-state index contributed by atoms with van der Waals surface area (Å²) in [5.74, 6) is -8.99. The molecule has 0 fully saturated rings. The van der Waals surface area contributed by atoms with Crippen molar-refractivity contribution in [2.24, 2.45) is 0 Å². The van der Waals surface area contributed by atoms with Crippen LogP contribution in [0.4, 0.5) is 77.2 Å². The van der Waals surface area contributed by atoms with Crippen molar-refractivity contribution in [2.75, 3.05) is 11.5 Å². The van der Waals surface area contributed by atoms with E-state index in [9.17, 15) is 86.0 Å². The van der Waals surface area contributed by atoms with Crippen molar-refractivity contribution < 1.29 is 109 Å². The molecule has 0 saturated carbocycles. The molecule has 7 N–H and O–H groups in total. The summed E-state index contributed by atoms with van der Waals surface area (Å²) in [6.07, 6.45) is -36.3. The largest absolute Gasteiger partial charge is 0.490 e. The van der Waals surface area contributed by atoms with Crippen LogP contribution < -0.4 is 20.9 Å². The normalized spacial score (nSPS) is 24.5. The minimum Gasteiger partial charge on any atom is -0.474 e. The first-order valence-corrected chi connectivity index (χ1v) is 19.4. The Morgan fingerprint density at radius 2 is 1.06 bits per heavy atom. The van der Waals surface area contributed by atoms with Gasteiger partial charge in [-0.2, -0.15) is 65.9 Å². The number of carbonyl (C=O) groups excluding carboxylic acids is 1. The number of fused-ring (bicyclic) bond motifs is 10. The lowest BCUT2D eigenvalue weighted by Crippen LogP contribution is -2.43. The number of esters is 1. The molecule has 4 aromatic heterocycles. The van der Waals surface area contributed by atoms with E-state index in [1.807, 2.05) is 0 Å². The number of alkyl halides is 15. The molecule has 2 unspecified atom stereocenters. The number of anilines is 2. The number of nitrogens with zero attached hydrogens (tertiary/aromatic N) is 6. The molecule has 68 heavy (non-hydrogen) atoms. The van der Waals surface area contributed by atoms with Gasteiger partial charge >= 0.3 is 36.9 Å². The topological polar surface area (TPSA) is 261 Å². The molecule has 8 bridgehead atoms. The minimum atomic E-state index is -5.47. The average Bonchev–Trinajstić information content (AvgIpc) is 3.88. The van der Waals surface area contributed by atoms with Crippen molar-refractivity contribution >= 4 is 17.3 Å². The Balaban J connectivity index is 0.000000258. The Morgan fingerprint density at radius 3 is 1.44 bits per heavy atom. The number of pyridine rings is 2. The van der Waals surface area contributed by atoms with Gasteiger partial charge in [0.15, 0.2) is 11.4 Å². The van der Waals surface area contributed by atoms with Crippen molar-refractivity contribution in [3.63, 3.8) is 0 Å². The Bertz CT molecular complexity index is 2420. The van der Waals surface area contributed by atoms with E-state index in [0.717, 1.165) is 6.92 Å². The number of hydrogen-bond donors (Lipinski definition) is 5. The smallest absolute Gasteiger partial charge is 0.474 e. The molecule has 0 radical (unpaired) electrons. The van der Waals surface area contributed by atoms with Crippen LogP contribution in [-0.2, 0) is 33.1 Å². The molecule has 2 aliphatic rings. The second kappa shape index (κ2) is 18.9. The van der Waals surface area contributed by atoms with Crippen LogP contribution in [0.2, 0.25) is 0 Å². The number of ether oxygens (including phenoxy) is 3. The van der Waals surface area contributed by atoms with Crippen LogP contribution in [0.25, 0.3) is 23.2 Å². The Hall–Kier alpha value is -5.92. The number of rotatable bonds is 1. The molecule has 6 rings (SSSR count). The molecule has 0 spiro atoms. The molecule has 6 atom stereocenters. The van der Waals surface area contributed by atoms with Gasteiger partial charge in [-0.1, -0.05) is 0 Å². The highest BCUT2D eigenvalue weighted by Gasteiger charge is 2.60. The van der Waals surface area contributed by atoms with Crippen LogP contribution in [0.3, 0.4) is 0 Å². The van der Waals surface area contributed by atoms with Gasteiger partial charge in [-0.3, -0.25) is 0 Å². The van der Waals surface area contributed by atoms with Gasteiger partial charge in [0, 0.05) is 12.8 Å². The third kappa shape index (κ3) is 11.7. The first kappa shape index (κ1) is 53.0. The van der Waals surface area contributed by atoms with Gasteiger partial charge < -0.3 is 49.8 Å². The maximum Gasteiger partial charge on any atom is 0.490 e. The minimum absolute atomic E-state index is 0.193. The lowest BCUT2D eigenvalue weighted by atomic mass is 9.93. The quantitative estimate of drug-likeness (QED) is 0.0914. The molecule has 0 aromatic carbocycles. The summed E-state index contributed by atoms with van der Waals surface area (Å²) in [6.45, 7) is 2.47. The van der Waals surface area contributed by atoms with E-state index >= 15 is 0 Å². The van der Waals surface area contributed by atoms with E-state index in [4.69, 9.17) is 29.8 Å². The summed E-state index contributed by atoms with van der Waals surface area (Å²) < 4.78 is 226. The van der Waals surface area contributed by atoms with Crippen molar-refractivity contribution in [1.82, 2.24) is 30.4 Å². The zero-order chi connectivity index (χ0) is 51.2. The number of nitrogens with two attached hydrogens (primary N) is 2. The third-order valence-corrected chi connectivity index (χ3v) is 10.0. The third-order valence-electron chi connectivity index (χ3n) is 10.0. The molecular weight excluding hydrogens is 973 g/mol. The zero-order valence-corrected chi connectivity index (χ0v) is 34.4. The zero-order valence-electron chi connectivity index (χ0n) is 34.4. The molecule has 4 aromatic rings. The van der Waals surface area contributed by atoms with Gasteiger partial charge in [-0.15, -0.1) is 20.4 Å². The van der Waals surface area contributed by atoms with Gasteiger partial charge in [-0.25, -0.2) is 14.8 Å². The first-order valence-electron chi connectivity index (χ1n) is 19.4. The van der Waals surface area contributed by atoms with Crippen molar-refractivity contribution in [2.45, 2.75) is 132 Å². The maximum atomic E-state index is 13.8. The molecule has 0 saturated heterocycles. The SMILES string of the molecule is C[C@@H]1CC(O)CCC[C@](O)(C(F)(F)F)c2nnc(o2)-c2nc(c(C(F)(F)F)cc2N)O1.C[C@@H]1CC(OC(=O)C(F)(F)F)CCC[C@](O)(C(F)(F)F)c2nnc(o2)-c2nc(c(C(F)(F)F)cc2N)O1. The van der Waals surface area contributed by atoms with E-state index in [1.54, 1.807) is 0 Å². The summed E-state index contributed by atoms with van der Waals surface area (Å²) in [5, 5.41) is 43.7. The predicted molar refractivity (Wildman–Crippen MR) is 193 cm³/mol. The number of hydrogen-bond acceptors (Lipinski definition) is 17. The van der Waals surface area contributed by atoms with E-state index in [1.165, 1.54) is 6.92 Å². The van der Waals surface area contributed by atoms with Crippen LogP contribution in [0.15, 0.2) is 21.0 Å². The number of halogens is 15. The predicted octanol–water partition coefficient (Wildman–Crippen LogP) is 7.48. The molecule has 0 aliphatic carbocycles. The number of carbonyl (C=O) groups is 1. The molecule has 378 valence electrons. The molecular formula is C36H35F15N8O9. The lowest BCUT2D eigenvalue weighted by molar-refractivity contribution is -0.277. The number of nitrogen functional groups attached to an aromatic ring is 2. The van der Waals surface area contributed by atoms with Gasteiger partial charge in [0.2, 0.25) is 23.0 Å². The fourth-order valence-corrected chi connectivity index (χ4v) is 6.63. The van der Waals surface area contributed by atoms with Crippen LogP contribution in [0.1, 0.15) is 88.1 Å². The molecule has 17 nitrogen and oxygen atoms in total. The summed E-state index contributed by atoms with van der Waals surface area (Å²) in [5.41, 5.74) is -1.62. The second-order valence-electron chi connectivity index (χ2n) is 15.4. The summed E-state index contributed by atoms with van der Waals surface area (Å²) >= 11 is 0. The van der Waals surface area contributed by atoms with Crippen LogP contribution in [0.5, 0.6) is 11.8 Å². The summed E-state index contributed by atoms with van der Waals surface area (Å²) in [7, 11) is 0. The number of aliphatic hydroxyl groups is 3. The highest BCUT2D eigenvalue weighted by atomic mass is 19.4. The Morgan fingerprint density at radius 1 is 0.662 bits per heavy atom. The van der Waals surface area contributed by atoms with E-state index in [-0.39, 0.29) is 19.3 Å². The fourth-order valence-electron chi connectivity index (χ4n) is 6.63. The van der Waals surface area contributed by atoms with Gasteiger partial charge in [0.1, 0.15) is 29.4 Å². The Labute approximate surface area is 370 Å². The summed E-state index contributed by atoms with van der Waals surface area (Å²) in [4.78, 5) is 18.5. The summed E-state index contributed by atoms with van der Waals surface area (Å²) in [6, 6.07) is 0.809. The van der Waals surface area contributed by atoms with Crippen molar-refractivity contribution in [3.8, 4) is 34.9 Å². The fraction of sp³-hybridized carbons (Fsp3) is 0.583. The van der Waals surface area contributed by atoms with Gasteiger partial charge in [-0.05, 0) is 64.5 Å². The standard InChI is InChI=1S/C19H17F9N4O5.C17H18F6N4O4/c1-7-5-8(36-15(33)18(23,24)25)3-2-4-16(34,19(26,27)28)14-32-31-13(37-14)11-10(29)6-9(17(20,21)22)12(30-11)35-7;1-7-5-8(28)3-2-4-15(29,17(21,22)23)14-27-26-13(31-14)11-10(24)6-9(16(18,19)20)12(25-11)30-7/h6-8,34H,2-5,29H2,1H3;6-8,28-29H,2-5,24H2,1H3/t7-,8?,16-;7-,8?,15-/m11/s1. The maximum absolute atomic E-state index is 13.8. The molecule has 0 amide bonds. The number of aliphatic hydroxyl groups excluding tert-OH is 1. The molecule has 6 heterocycles. The first-order chi connectivity index (χ1) is 31.0. The number of aromatic nitrogens is 6. The van der Waals surface area contributed by atoms with Crippen molar-refractivity contribution in [3.05, 3.63) is 35.0 Å². The highest BCUT2D eigenvalue weighted by Crippen LogP contribution is 2.47. The lowest BCUT2D eigenvalue weighted by Gasteiger charge is -2.28. The van der Waals surface area contributed by atoms with Crippen LogP contribution in [-0.4, -0.2) is 94.6 Å². The van der Waals surface area contributed by atoms with Gasteiger partial charge in [0.25, 0.3) is 23.6 Å². The van der Waals surface area contributed by atoms with E-state index in [2.05, 4.69) is 35.1 Å². The monoisotopic (exact) mass is 1010 g/mol. The van der Waals surface area contributed by atoms with Crippen LogP contribution in [0, 0.1) is 0 Å². The van der Waals surface area contributed by atoms with Crippen molar-refractivity contribution in [1.29, 1.82) is 0 Å². The van der Waals surface area contributed by atoms with E-state index < -0.39 is 174 Å². The highest BCUT2D eigenvalue weighted by molar-refractivity contribution is 5.75. The Kier molecular flexibility index (Phi) is 14.7. The molecule has 32 heteroatoms.